The molecule has 1 aromatic rings. The lowest BCUT2D eigenvalue weighted by molar-refractivity contribution is 0.308. The maximum atomic E-state index is 6.15. The Kier molecular flexibility index (Phi) is 5.46. The highest BCUT2D eigenvalue weighted by molar-refractivity contribution is 6.33. The highest BCUT2D eigenvalue weighted by Gasteiger charge is 2.02. The van der Waals surface area contributed by atoms with Crippen molar-refractivity contribution in [3.05, 3.63) is 53.0 Å². The first kappa shape index (κ1) is 14.3. The van der Waals surface area contributed by atoms with Gasteiger partial charge in [-0.25, -0.2) is 4.99 Å². The minimum Gasteiger partial charge on any atom is -0.497 e. The number of nitrogens with zero attached hydrogens (tertiary/aromatic N) is 1. The van der Waals surface area contributed by atoms with Crippen molar-refractivity contribution in [1.29, 1.82) is 0 Å². The molecule has 0 aromatic heterocycles. The Morgan fingerprint density at radius 2 is 2.22 bits per heavy atom. The number of anilines is 1. The Labute approximate surface area is 113 Å². The van der Waals surface area contributed by atoms with Crippen LogP contribution < -0.4 is 5.32 Å². The fourth-order valence-electron chi connectivity index (χ4n) is 1.32. The van der Waals surface area contributed by atoms with E-state index in [-0.39, 0.29) is 0 Å². The maximum absolute atomic E-state index is 6.15. The molecule has 0 heterocycles. The summed E-state index contributed by atoms with van der Waals surface area (Å²) in [6.45, 7) is 7.55. The Bertz CT molecular complexity index is 493. The van der Waals surface area contributed by atoms with Gasteiger partial charge in [-0.2, -0.15) is 0 Å². The van der Waals surface area contributed by atoms with Crippen LogP contribution in [0.15, 0.2) is 47.4 Å². The number of allylic oxidation sites excluding steroid dienone is 1. The highest BCUT2D eigenvalue weighted by Crippen LogP contribution is 2.24. The van der Waals surface area contributed by atoms with Crippen molar-refractivity contribution < 1.29 is 4.74 Å². The van der Waals surface area contributed by atoms with Crippen LogP contribution in [0.5, 0.6) is 0 Å². The van der Waals surface area contributed by atoms with Crippen molar-refractivity contribution in [3.63, 3.8) is 0 Å². The number of halogens is 1. The summed E-state index contributed by atoms with van der Waals surface area (Å²) in [7, 11) is 1.56. The van der Waals surface area contributed by atoms with E-state index in [0.29, 0.717) is 16.6 Å². The standard InChI is InChI=1S/C14H17ClN2O/c1-5-16-14(9-11(3)18-4)17-13-7-6-10(2)8-12(13)15/h5-9,17H,3H2,1-2,4H3/b14-9+,16-5-. The van der Waals surface area contributed by atoms with Gasteiger partial charge in [-0.3, -0.25) is 0 Å². The van der Waals surface area contributed by atoms with Gasteiger partial charge in [0.2, 0.25) is 0 Å². The van der Waals surface area contributed by atoms with E-state index < -0.39 is 0 Å². The molecule has 0 radical (unpaired) electrons. The molecular weight excluding hydrogens is 248 g/mol. The molecule has 0 aliphatic carbocycles. The average Bonchev–Trinajstić information content (AvgIpc) is 2.32. The van der Waals surface area contributed by atoms with Crippen LogP contribution in [0.25, 0.3) is 0 Å². The predicted molar refractivity (Wildman–Crippen MR) is 78.2 cm³/mol. The van der Waals surface area contributed by atoms with Gasteiger partial charge in [-0.15, -0.1) is 0 Å². The third kappa shape index (κ3) is 4.26. The van der Waals surface area contributed by atoms with Crippen molar-refractivity contribution in [1.82, 2.24) is 0 Å². The summed E-state index contributed by atoms with van der Waals surface area (Å²) in [4.78, 5) is 4.20. The molecule has 0 amide bonds. The Balaban J connectivity index is 2.97. The van der Waals surface area contributed by atoms with Crippen LogP contribution in [0.4, 0.5) is 5.69 Å². The molecule has 1 aromatic carbocycles. The van der Waals surface area contributed by atoms with E-state index in [0.717, 1.165) is 11.3 Å². The van der Waals surface area contributed by atoms with Crippen LogP contribution in [-0.2, 0) is 4.74 Å². The zero-order chi connectivity index (χ0) is 13.5. The number of methoxy groups -OCH3 is 1. The molecule has 0 bridgehead atoms. The van der Waals surface area contributed by atoms with E-state index in [1.165, 1.54) is 0 Å². The Hall–Kier alpha value is -1.74. The summed E-state index contributed by atoms with van der Waals surface area (Å²) in [5.74, 6) is 1.14. The van der Waals surface area contributed by atoms with Crippen LogP contribution in [0.1, 0.15) is 12.5 Å². The van der Waals surface area contributed by atoms with E-state index in [2.05, 4.69) is 16.9 Å². The van der Waals surface area contributed by atoms with E-state index in [1.807, 2.05) is 32.0 Å². The fourth-order valence-corrected chi connectivity index (χ4v) is 1.60. The van der Waals surface area contributed by atoms with E-state index in [4.69, 9.17) is 16.3 Å². The van der Waals surface area contributed by atoms with Crippen LogP contribution in [0.3, 0.4) is 0 Å². The molecule has 0 aliphatic heterocycles. The molecular formula is C14H17ClN2O. The van der Waals surface area contributed by atoms with E-state index in [1.54, 1.807) is 19.4 Å². The SMILES string of the molecule is C=C(/C=C(\N=C/C)Nc1ccc(C)cc1Cl)OC. The number of aliphatic imine (C=N–C) groups is 1. The van der Waals surface area contributed by atoms with Gasteiger partial charge in [0.1, 0.15) is 11.6 Å². The van der Waals surface area contributed by atoms with Gasteiger partial charge in [-0.1, -0.05) is 24.2 Å². The highest BCUT2D eigenvalue weighted by atomic mass is 35.5. The molecule has 0 atom stereocenters. The molecule has 0 saturated heterocycles. The van der Waals surface area contributed by atoms with Gasteiger partial charge >= 0.3 is 0 Å². The van der Waals surface area contributed by atoms with Crippen LogP contribution in [-0.4, -0.2) is 13.3 Å². The normalized spacial score (nSPS) is 11.7. The van der Waals surface area contributed by atoms with Gasteiger partial charge in [0, 0.05) is 12.3 Å². The van der Waals surface area contributed by atoms with E-state index in [9.17, 15) is 0 Å². The maximum Gasteiger partial charge on any atom is 0.133 e. The van der Waals surface area contributed by atoms with Crippen LogP contribution in [0, 0.1) is 6.92 Å². The monoisotopic (exact) mass is 264 g/mol. The number of benzene rings is 1. The molecule has 0 fully saturated rings. The number of ether oxygens (including phenoxy) is 1. The lowest BCUT2D eigenvalue weighted by Gasteiger charge is -2.10. The molecule has 96 valence electrons. The summed E-state index contributed by atoms with van der Waals surface area (Å²) in [6, 6.07) is 5.78. The molecule has 1 N–H and O–H groups in total. The van der Waals surface area contributed by atoms with Crippen LogP contribution in [0.2, 0.25) is 5.02 Å². The number of hydrogen-bond donors (Lipinski definition) is 1. The van der Waals surface area contributed by atoms with Crippen molar-refractivity contribution in [3.8, 4) is 0 Å². The summed E-state index contributed by atoms with van der Waals surface area (Å²) in [5, 5.41) is 3.78. The summed E-state index contributed by atoms with van der Waals surface area (Å²) < 4.78 is 5.00. The fraction of sp³-hybridized carbons (Fsp3) is 0.214. The summed E-state index contributed by atoms with van der Waals surface area (Å²) >= 11 is 6.15. The first-order chi connectivity index (χ1) is 8.56. The zero-order valence-corrected chi connectivity index (χ0v) is 11.6. The molecule has 0 unspecified atom stereocenters. The number of hydrogen-bond acceptors (Lipinski definition) is 3. The first-order valence-corrected chi connectivity index (χ1v) is 5.91. The van der Waals surface area contributed by atoms with Crippen molar-refractivity contribution in [2.24, 2.45) is 4.99 Å². The topological polar surface area (TPSA) is 33.6 Å². The quantitative estimate of drug-likeness (QED) is 0.492. The Morgan fingerprint density at radius 3 is 2.78 bits per heavy atom. The molecule has 0 saturated carbocycles. The average molecular weight is 265 g/mol. The van der Waals surface area contributed by atoms with Gasteiger partial charge in [0.05, 0.1) is 17.8 Å². The summed E-state index contributed by atoms with van der Waals surface area (Å²) in [6.07, 6.45) is 3.39. The van der Waals surface area contributed by atoms with Crippen LogP contribution >= 0.6 is 11.6 Å². The largest absolute Gasteiger partial charge is 0.497 e. The second kappa shape index (κ2) is 6.87. The molecule has 18 heavy (non-hydrogen) atoms. The van der Waals surface area contributed by atoms with Gasteiger partial charge in [0.25, 0.3) is 0 Å². The zero-order valence-electron chi connectivity index (χ0n) is 10.8. The van der Waals surface area contributed by atoms with Crippen molar-refractivity contribution in [2.45, 2.75) is 13.8 Å². The van der Waals surface area contributed by atoms with Gasteiger partial charge in [0.15, 0.2) is 0 Å². The predicted octanol–water partition coefficient (Wildman–Crippen LogP) is 4.15. The third-order valence-electron chi connectivity index (χ3n) is 2.22. The lowest BCUT2D eigenvalue weighted by atomic mass is 10.2. The molecule has 0 spiro atoms. The molecule has 1 rings (SSSR count). The van der Waals surface area contributed by atoms with Crippen molar-refractivity contribution >= 4 is 23.5 Å². The smallest absolute Gasteiger partial charge is 0.133 e. The lowest BCUT2D eigenvalue weighted by Crippen LogP contribution is -1.99. The molecule has 4 heteroatoms. The van der Waals surface area contributed by atoms with Gasteiger partial charge in [-0.05, 0) is 31.5 Å². The minimum atomic E-state index is 0.520. The number of nitrogens with one attached hydrogen (secondary N) is 1. The van der Waals surface area contributed by atoms with Gasteiger partial charge < -0.3 is 10.1 Å². The molecule has 3 nitrogen and oxygen atoms in total. The summed E-state index contributed by atoms with van der Waals surface area (Å²) in [5.41, 5.74) is 1.90. The number of aryl methyl sites for hydroxylation is 1. The van der Waals surface area contributed by atoms with Crippen molar-refractivity contribution in [2.75, 3.05) is 12.4 Å². The first-order valence-electron chi connectivity index (χ1n) is 5.53. The third-order valence-corrected chi connectivity index (χ3v) is 2.53. The minimum absolute atomic E-state index is 0.520. The number of rotatable bonds is 5. The second-order valence-electron chi connectivity index (χ2n) is 3.70. The molecule has 0 aliphatic rings. The van der Waals surface area contributed by atoms with E-state index >= 15 is 0 Å². The Morgan fingerprint density at radius 1 is 1.50 bits per heavy atom. The second-order valence-corrected chi connectivity index (χ2v) is 4.10.